The molecule has 82 valence electrons. The molecule has 0 aromatic heterocycles. The van der Waals surface area contributed by atoms with E-state index in [0.29, 0.717) is 18.6 Å². The van der Waals surface area contributed by atoms with Gasteiger partial charge in [0.05, 0.1) is 18.8 Å². The normalized spacial score (nSPS) is 10.2. The molecule has 0 aliphatic carbocycles. The number of halogens is 1. The number of alkyl halides is 1. The Morgan fingerprint density at radius 2 is 2.07 bits per heavy atom. The number of ether oxygens (including phenoxy) is 1. The van der Waals surface area contributed by atoms with Crippen LogP contribution in [0.5, 0.6) is 0 Å². The highest BCUT2D eigenvalue weighted by molar-refractivity contribution is 14.1. The maximum Gasteiger partial charge on any atom is 0.335 e. The van der Waals surface area contributed by atoms with E-state index >= 15 is 0 Å². The number of hydrogen-bond donors (Lipinski definition) is 1. The van der Waals surface area contributed by atoms with E-state index < -0.39 is 5.97 Å². The van der Waals surface area contributed by atoms with Gasteiger partial charge in [-0.3, -0.25) is 0 Å². The van der Waals surface area contributed by atoms with Crippen molar-refractivity contribution in [1.82, 2.24) is 0 Å². The smallest absolute Gasteiger partial charge is 0.335 e. The predicted molar refractivity (Wildman–Crippen MR) is 66.8 cm³/mol. The van der Waals surface area contributed by atoms with E-state index in [2.05, 4.69) is 22.6 Å². The average molecular weight is 320 g/mol. The molecule has 0 heterocycles. The molecule has 0 saturated heterocycles. The summed E-state index contributed by atoms with van der Waals surface area (Å²) in [5.74, 6) is -0.875. The fraction of sp³-hybridized carbons (Fsp3) is 0.364. The molecule has 4 heteroatoms. The number of carbonyl (C=O) groups is 1. The topological polar surface area (TPSA) is 46.5 Å². The fourth-order valence-electron chi connectivity index (χ4n) is 1.29. The van der Waals surface area contributed by atoms with Crippen LogP contribution < -0.4 is 0 Å². The van der Waals surface area contributed by atoms with Gasteiger partial charge < -0.3 is 9.84 Å². The lowest BCUT2D eigenvalue weighted by Crippen LogP contribution is -2.06. The van der Waals surface area contributed by atoms with Gasteiger partial charge in [-0.05, 0) is 18.1 Å². The van der Waals surface area contributed by atoms with Crippen molar-refractivity contribution in [3.63, 3.8) is 0 Å². The highest BCUT2D eigenvalue weighted by atomic mass is 127. The molecule has 15 heavy (non-hydrogen) atoms. The van der Waals surface area contributed by atoms with Crippen LogP contribution in [0.4, 0.5) is 0 Å². The Labute approximate surface area is 103 Å². The molecule has 0 unspecified atom stereocenters. The summed E-state index contributed by atoms with van der Waals surface area (Å²) in [5.41, 5.74) is 1.20. The first-order chi connectivity index (χ1) is 7.25. The standard InChI is InChI=1S/C11H13IO3/c12-6-8-15-7-5-9-3-1-2-4-10(9)11(13)14/h1-4H,5-8H2,(H,13,14). The lowest BCUT2D eigenvalue weighted by atomic mass is 10.1. The molecule has 0 fully saturated rings. The second-order valence-corrected chi connectivity index (χ2v) is 4.09. The molecule has 1 aromatic carbocycles. The van der Waals surface area contributed by atoms with Gasteiger partial charge in [-0.1, -0.05) is 40.8 Å². The molecular formula is C11H13IO3. The third kappa shape index (κ3) is 4.17. The number of benzene rings is 1. The van der Waals surface area contributed by atoms with Crippen molar-refractivity contribution in [2.45, 2.75) is 6.42 Å². The Kier molecular flexibility index (Phi) is 5.63. The van der Waals surface area contributed by atoms with E-state index in [1.807, 2.05) is 12.1 Å². The van der Waals surface area contributed by atoms with Gasteiger partial charge in [0.15, 0.2) is 0 Å². The number of hydrogen-bond acceptors (Lipinski definition) is 2. The predicted octanol–water partition coefficient (Wildman–Crippen LogP) is 2.38. The van der Waals surface area contributed by atoms with Gasteiger partial charge in [-0.15, -0.1) is 0 Å². The maximum absolute atomic E-state index is 10.9. The van der Waals surface area contributed by atoms with Crippen LogP contribution in [0, 0.1) is 0 Å². The molecular weight excluding hydrogens is 307 g/mol. The average Bonchev–Trinajstić information content (AvgIpc) is 2.25. The minimum absolute atomic E-state index is 0.371. The van der Waals surface area contributed by atoms with Gasteiger partial charge in [0.25, 0.3) is 0 Å². The Hall–Kier alpha value is -0.620. The Morgan fingerprint density at radius 1 is 1.33 bits per heavy atom. The highest BCUT2D eigenvalue weighted by Gasteiger charge is 2.07. The molecule has 1 rings (SSSR count). The van der Waals surface area contributed by atoms with Gasteiger partial charge >= 0.3 is 5.97 Å². The molecule has 0 atom stereocenters. The third-order valence-corrected chi connectivity index (χ3v) is 2.43. The first-order valence-electron chi connectivity index (χ1n) is 4.70. The number of carboxylic acid groups (broad SMARTS) is 1. The molecule has 0 radical (unpaired) electrons. The van der Waals surface area contributed by atoms with Crippen molar-refractivity contribution in [2.24, 2.45) is 0 Å². The van der Waals surface area contributed by atoms with Crippen molar-refractivity contribution in [2.75, 3.05) is 17.6 Å². The second kappa shape index (κ2) is 6.79. The largest absolute Gasteiger partial charge is 0.478 e. The first kappa shape index (κ1) is 12.4. The highest BCUT2D eigenvalue weighted by Crippen LogP contribution is 2.09. The number of rotatable bonds is 6. The Balaban J connectivity index is 2.56. The van der Waals surface area contributed by atoms with Crippen LogP contribution in [0.1, 0.15) is 15.9 Å². The summed E-state index contributed by atoms with van der Waals surface area (Å²) >= 11 is 2.24. The monoisotopic (exact) mass is 320 g/mol. The van der Waals surface area contributed by atoms with E-state index in [0.717, 1.165) is 16.6 Å². The number of aromatic carboxylic acids is 1. The van der Waals surface area contributed by atoms with E-state index in [1.54, 1.807) is 12.1 Å². The van der Waals surface area contributed by atoms with E-state index in [4.69, 9.17) is 9.84 Å². The van der Waals surface area contributed by atoms with Gasteiger partial charge in [0.2, 0.25) is 0 Å². The molecule has 0 bridgehead atoms. The molecule has 0 aliphatic rings. The van der Waals surface area contributed by atoms with E-state index in [1.165, 1.54) is 0 Å². The maximum atomic E-state index is 10.9. The lowest BCUT2D eigenvalue weighted by molar-refractivity contribution is 0.0695. The molecule has 0 amide bonds. The van der Waals surface area contributed by atoms with Gasteiger partial charge in [0, 0.05) is 4.43 Å². The fourth-order valence-corrected chi connectivity index (χ4v) is 1.60. The zero-order valence-corrected chi connectivity index (χ0v) is 10.4. The van der Waals surface area contributed by atoms with E-state index in [-0.39, 0.29) is 0 Å². The van der Waals surface area contributed by atoms with Gasteiger partial charge in [0.1, 0.15) is 0 Å². The summed E-state index contributed by atoms with van der Waals surface area (Å²) in [4.78, 5) is 10.9. The zero-order chi connectivity index (χ0) is 11.1. The van der Waals surface area contributed by atoms with Crippen molar-refractivity contribution in [3.8, 4) is 0 Å². The summed E-state index contributed by atoms with van der Waals surface area (Å²) in [6, 6.07) is 7.03. The minimum Gasteiger partial charge on any atom is -0.478 e. The summed E-state index contributed by atoms with van der Waals surface area (Å²) < 4.78 is 6.28. The van der Waals surface area contributed by atoms with Crippen LogP contribution >= 0.6 is 22.6 Å². The molecule has 0 saturated carbocycles. The van der Waals surface area contributed by atoms with Crippen molar-refractivity contribution < 1.29 is 14.6 Å². The van der Waals surface area contributed by atoms with Crippen LogP contribution in [0.25, 0.3) is 0 Å². The zero-order valence-electron chi connectivity index (χ0n) is 8.28. The van der Waals surface area contributed by atoms with Crippen molar-refractivity contribution in [3.05, 3.63) is 35.4 Å². The van der Waals surface area contributed by atoms with Crippen molar-refractivity contribution >= 4 is 28.6 Å². The Morgan fingerprint density at radius 3 is 2.73 bits per heavy atom. The van der Waals surface area contributed by atoms with E-state index in [9.17, 15) is 4.79 Å². The van der Waals surface area contributed by atoms with Gasteiger partial charge in [-0.2, -0.15) is 0 Å². The van der Waals surface area contributed by atoms with Crippen LogP contribution in [-0.2, 0) is 11.2 Å². The Bertz CT molecular complexity index is 325. The number of carboxylic acids is 1. The van der Waals surface area contributed by atoms with Gasteiger partial charge in [-0.25, -0.2) is 4.79 Å². The van der Waals surface area contributed by atoms with Crippen LogP contribution in [-0.4, -0.2) is 28.7 Å². The van der Waals surface area contributed by atoms with Crippen LogP contribution in [0.2, 0.25) is 0 Å². The summed E-state index contributed by atoms with van der Waals surface area (Å²) in [6.45, 7) is 1.29. The SMILES string of the molecule is O=C(O)c1ccccc1CCOCCI. The second-order valence-electron chi connectivity index (χ2n) is 3.01. The quantitative estimate of drug-likeness (QED) is 0.497. The summed E-state index contributed by atoms with van der Waals surface area (Å²) in [5, 5.41) is 8.93. The lowest BCUT2D eigenvalue weighted by Gasteiger charge is -2.05. The van der Waals surface area contributed by atoms with Crippen LogP contribution in [0.15, 0.2) is 24.3 Å². The molecule has 1 N–H and O–H groups in total. The molecule has 0 aliphatic heterocycles. The minimum atomic E-state index is -0.875. The molecule has 0 spiro atoms. The molecule has 1 aromatic rings. The van der Waals surface area contributed by atoms with Crippen molar-refractivity contribution in [1.29, 1.82) is 0 Å². The summed E-state index contributed by atoms with van der Waals surface area (Å²) in [7, 11) is 0. The third-order valence-electron chi connectivity index (χ3n) is 1.98. The summed E-state index contributed by atoms with van der Waals surface area (Å²) in [6.07, 6.45) is 0.652. The first-order valence-corrected chi connectivity index (χ1v) is 6.23. The molecule has 3 nitrogen and oxygen atoms in total. The van der Waals surface area contributed by atoms with Crippen LogP contribution in [0.3, 0.4) is 0 Å².